The van der Waals surface area contributed by atoms with Crippen molar-refractivity contribution < 1.29 is 22.7 Å². The lowest BCUT2D eigenvalue weighted by atomic mass is 10.2. The van der Waals surface area contributed by atoms with Gasteiger partial charge >= 0.3 is 6.09 Å². The number of anilines is 1. The van der Waals surface area contributed by atoms with Crippen LogP contribution in [0.15, 0.2) is 33.7 Å². The molecule has 0 radical (unpaired) electrons. The number of thioether (sulfide) groups is 1. The molecule has 2 fully saturated rings. The lowest BCUT2D eigenvalue weighted by molar-refractivity contribution is -0.117. The molecular formula is C19H24BrN3O5S2. The number of alkyl carbamates (subject to hydrolysis) is 1. The summed E-state index contributed by atoms with van der Waals surface area (Å²) in [5, 5.41) is 2.87. The Labute approximate surface area is 188 Å². The Morgan fingerprint density at radius 3 is 2.57 bits per heavy atom. The maximum absolute atomic E-state index is 12.4. The van der Waals surface area contributed by atoms with E-state index in [4.69, 9.17) is 4.74 Å². The van der Waals surface area contributed by atoms with E-state index in [2.05, 4.69) is 26.2 Å². The second-order valence-electron chi connectivity index (χ2n) is 8.11. The molecule has 1 N–H and O–H groups in total. The molecule has 2 amide bonds. The van der Waals surface area contributed by atoms with E-state index in [1.54, 1.807) is 20.8 Å². The number of carbonyl (C=O) groups excluding carboxylic acids is 2. The number of fused-ring (bicyclic) bond motifs is 1. The van der Waals surface area contributed by atoms with Gasteiger partial charge in [0.2, 0.25) is 5.91 Å². The fraction of sp³-hybridized carbons (Fsp3) is 0.526. The van der Waals surface area contributed by atoms with Gasteiger partial charge in [-0.25, -0.2) is 13.2 Å². The topological polar surface area (TPSA) is 105 Å². The second kappa shape index (κ2) is 8.88. The zero-order valence-electron chi connectivity index (χ0n) is 16.9. The minimum Gasteiger partial charge on any atom is -0.444 e. The number of hydrogen-bond acceptors (Lipinski definition) is 6. The van der Waals surface area contributed by atoms with Gasteiger partial charge in [0.15, 0.2) is 15.0 Å². The summed E-state index contributed by atoms with van der Waals surface area (Å²) in [5.74, 6) is -0.282. The van der Waals surface area contributed by atoms with Crippen molar-refractivity contribution in [2.75, 3.05) is 23.0 Å². The van der Waals surface area contributed by atoms with Crippen LogP contribution in [0.25, 0.3) is 0 Å². The van der Waals surface area contributed by atoms with Gasteiger partial charge in [-0.1, -0.05) is 27.7 Å². The van der Waals surface area contributed by atoms with Crippen LogP contribution in [0.5, 0.6) is 0 Å². The SMILES string of the molecule is CC(C)(C)OC(=O)NCCC(=O)N=C1S[C@@H]2CS(=O)(=O)C[C@@H]2N1c1ccc(Br)cc1. The third-order valence-corrected chi connectivity index (χ3v) is 8.14. The van der Waals surface area contributed by atoms with E-state index in [0.29, 0.717) is 5.17 Å². The minimum absolute atomic E-state index is 0.0190. The van der Waals surface area contributed by atoms with Crippen molar-refractivity contribution in [3.63, 3.8) is 0 Å². The van der Waals surface area contributed by atoms with Gasteiger partial charge in [0.05, 0.1) is 17.5 Å². The van der Waals surface area contributed by atoms with Crippen molar-refractivity contribution in [1.29, 1.82) is 0 Å². The largest absolute Gasteiger partial charge is 0.444 e. The molecule has 30 heavy (non-hydrogen) atoms. The van der Waals surface area contributed by atoms with Gasteiger partial charge in [0.1, 0.15) is 5.60 Å². The number of nitrogens with one attached hydrogen (secondary N) is 1. The summed E-state index contributed by atoms with van der Waals surface area (Å²) in [6, 6.07) is 7.19. The lowest BCUT2D eigenvalue weighted by Crippen LogP contribution is -2.37. The molecular weight excluding hydrogens is 494 g/mol. The molecule has 2 saturated heterocycles. The highest BCUT2D eigenvalue weighted by atomic mass is 79.9. The Morgan fingerprint density at radius 1 is 1.27 bits per heavy atom. The highest BCUT2D eigenvalue weighted by molar-refractivity contribution is 9.10. The van der Waals surface area contributed by atoms with Crippen LogP contribution in [0.1, 0.15) is 27.2 Å². The number of amides is 2. The second-order valence-corrected chi connectivity index (χ2v) is 12.4. The molecule has 0 unspecified atom stereocenters. The van der Waals surface area contributed by atoms with Crippen molar-refractivity contribution in [3.8, 4) is 0 Å². The Kier molecular flexibility index (Phi) is 6.83. The van der Waals surface area contributed by atoms with Crippen molar-refractivity contribution in [1.82, 2.24) is 5.32 Å². The summed E-state index contributed by atoms with van der Waals surface area (Å²) < 4.78 is 30.2. The van der Waals surface area contributed by atoms with E-state index in [0.717, 1.165) is 10.2 Å². The predicted octanol–water partition coefficient (Wildman–Crippen LogP) is 2.97. The standard InChI is InChI=1S/C19H24BrN3O5S2/c1-19(2,3)28-18(25)21-9-8-16(24)22-17-23(13-6-4-12(20)5-7-13)14-10-30(26,27)11-15(14)29-17/h4-7,14-15H,8-11H2,1-3H3,(H,21,25)/t14-,15+/m0/s1. The predicted molar refractivity (Wildman–Crippen MR) is 122 cm³/mol. The van der Waals surface area contributed by atoms with E-state index in [1.165, 1.54) is 11.8 Å². The number of aliphatic imine (C=N–C) groups is 1. The molecule has 164 valence electrons. The van der Waals surface area contributed by atoms with Crippen molar-refractivity contribution >= 4 is 60.4 Å². The molecule has 0 aliphatic carbocycles. The van der Waals surface area contributed by atoms with Gasteiger partial charge in [0, 0.05) is 28.4 Å². The van der Waals surface area contributed by atoms with Crippen LogP contribution in [-0.4, -0.2) is 60.5 Å². The number of halogens is 1. The lowest BCUT2D eigenvalue weighted by Gasteiger charge is -2.24. The van der Waals surface area contributed by atoms with Crippen LogP contribution in [0.2, 0.25) is 0 Å². The number of hydrogen-bond donors (Lipinski definition) is 1. The maximum atomic E-state index is 12.4. The molecule has 0 bridgehead atoms. The fourth-order valence-corrected chi connectivity index (χ4v) is 7.41. The summed E-state index contributed by atoms with van der Waals surface area (Å²) in [5.41, 5.74) is 0.173. The molecule has 8 nitrogen and oxygen atoms in total. The number of nitrogens with zero attached hydrogens (tertiary/aromatic N) is 2. The van der Waals surface area contributed by atoms with Crippen LogP contribution in [-0.2, 0) is 19.4 Å². The van der Waals surface area contributed by atoms with Gasteiger partial charge in [-0.15, -0.1) is 0 Å². The molecule has 0 saturated carbocycles. The van der Waals surface area contributed by atoms with Gasteiger partial charge in [-0.3, -0.25) is 4.79 Å². The van der Waals surface area contributed by atoms with E-state index in [-0.39, 0.29) is 35.8 Å². The molecule has 2 atom stereocenters. The monoisotopic (exact) mass is 517 g/mol. The van der Waals surface area contributed by atoms with Crippen LogP contribution in [0, 0.1) is 0 Å². The number of rotatable bonds is 4. The van der Waals surface area contributed by atoms with E-state index in [1.807, 2.05) is 29.2 Å². The molecule has 0 spiro atoms. The zero-order chi connectivity index (χ0) is 22.1. The first-order valence-electron chi connectivity index (χ1n) is 9.44. The highest BCUT2D eigenvalue weighted by Gasteiger charge is 2.49. The number of ether oxygens (including phenoxy) is 1. The van der Waals surface area contributed by atoms with Gasteiger partial charge < -0.3 is 15.0 Å². The van der Waals surface area contributed by atoms with Crippen molar-refractivity contribution in [2.24, 2.45) is 4.99 Å². The van der Waals surface area contributed by atoms with E-state index < -0.39 is 27.4 Å². The van der Waals surface area contributed by atoms with Crippen LogP contribution >= 0.6 is 27.7 Å². The fourth-order valence-electron chi connectivity index (χ4n) is 3.22. The first kappa shape index (κ1) is 23.1. The molecule has 2 aliphatic rings. The quantitative estimate of drug-likeness (QED) is 0.654. The summed E-state index contributed by atoms with van der Waals surface area (Å²) in [7, 11) is -3.12. The summed E-state index contributed by atoms with van der Waals surface area (Å²) >= 11 is 4.71. The molecule has 2 heterocycles. The highest BCUT2D eigenvalue weighted by Crippen LogP contribution is 2.41. The molecule has 2 aliphatic heterocycles. The Bertz CT molecular complexity index is 957. The average Bonchev–Trinajstić information content (AvgIpc) is 3.05. The average molecular weight is 518 g/mol. The summed E-state index contributed by atoms with van der Waals surface area (Å²) in [6.07, 6.45) is -0.570. The molecule has 0 aromatic heterocycles. The molecule has 3 rings (SSSR count). The van der Waals surface area contributed by atoms with Crippen molar-refractivity contribution in [3.05, 3.63) is 28.7 Å². The Hall–Kier alpha value is -1.59. The summed E-state index contributed by atoms with van der Waals surface area (Å²) in [6.45, 7) is 5.38. The normalized spacial score (nSPS) is 24.0. The van der Waals surface area contributed by atoms with Gasteiger partial charge in [0.25, 0.3) is 0 Å². The number of sulfone groups is 1. The third-order valence-electron chi connectivity index (χ3n) is 4.40. The summed E-state index contributed by atoms with van der Waals surface area (Å²) in [4.78, 5) is 30.2. The minimum atomic E-state index is -3.12. The number of amidine groups is 1. The zero-order valence-corrected chi connectivity index (χ0v) is 20.1. The van der Waals surface area contributed by atoms with Crippen LogP contribution in [0.4, 0.5) is 10.5 Å². The number of benzene rings is 1. The van der Waals surface area contributed by atoms with Gasteiger partial charge in [-0.2, -0.15) is 4.99 Å². The van der Waals surface area contributed by atoms with Gasteiger partial charge in [-0.05, 0) is 45.0 Å². The Morgan fingerprint density at radius 2 is 1.93 bits per heavy atom. The molecule has 1 aromatic rings. The first-order chi connectivity index (χ1) is 13.9. The maximum Gasteiger partial charge on any atom is 0.407 e. The van der Waals surface area contributed by atoms with Crippen molar-refractivity contribution in [2.45, 2.75) is 44.1 Å². The van der Waals surface area contributed by atoms with Crippen LogP contribution < -0.4 is 10.2 Å². The molecule has 1 aromatic carbocycles. The number of carbonyl (C=O) groups is 2. The van der Waals surface area contributed by atoms with E-state index in [9.17, 15) is 18.0 Å². The third kappa shape index (κ3) is 5.98. The molecule has 11 heteroatoms. The van der Waals surface area contributed by atoms with E-state index >= 15 is 0 Å². The smallest absolute Gasteiger partial charge is 0.407 e. The Balaban J connectivity index is 1.70. The first-order valence-corrected chi connectivity index (χ1v) is 12.9. The van der Waals surface area contributed by atoms with Crippen LogP contribution in [0.3, 0.4) is 0 Å².